The van der Waals surface area contributed by atoms with E-state index in [4.69, 9.17) is 16.3 Å². The number of ether oxygens (including phenoxy) is 1. The van der Waals surface area contributed by atoms with Crippen LogP contribution >= 0.6 is 11.6 Å². The van der Waals surface area contributed by atoms with Crippen molar-refractivity contribution in [1.29, 1.82) is 0 Å². The molecular formula is C18H23ClFN5O. The number of hydrogen-bond acceptors (Lipinski definition) is 5. The predicted molar refractivity (Wildman–Crippen MR) is 96.4 cm³/mol. The minimum atomic E-state index is -0.295. The molecule has 8 heteroatoms. The first kappa shape index (κ1) is 17.9. The molecule has 2 saturated heterocycles. The second-order valence-corrected chi connectivity index (χ2v) is 7.61. The predicted octanol–water partition coefficient (Wildman–Crippen LogP) is 2.05. The van der Waals surface area contributed by atoms with E-state index < -0.39 is 0 Å². The van der Waals surface area contributed by atoms with Crippen molar-refractivity contribution < 1.29 is 9.13 Å². The molecule has 1 aromatic heterocycles. The fourth-order valence-electron chi connectivity index (χ4n) is 3.91. The Kier molecular flexibility index (Phi) is 5.22. The van der Waals surface area contributed by atoms with Crippen LogP contribution in [0.25, 0.3) is 0 Å². The third kappa shape index (κ3) is 4.06. The van der Waals surface area contributed by atoms with Gasteiger partial charge < -0.3 is 9.30 Å². The molecule has 1 atom stereocenters. The van der Waals surface area contributed by atoms with Gasteiger partial charge in [-0.3, -0.25) is 9.80 Å². The molecule has 6 nitrogen and oxygen atoms in total. The summed E-state index contributed by atoms with van der Waals surface area (Å²) in [5, 5.41) is 8.18. The van der Waals surface area contributed by atoms with E-state index in [-0.39, 0.29) is 11.4 Å². The molecule has 0 N–H and O–H groups in total. The fraction of sp³-hybridized carbons (Fsp3) is 0.556. The number of aromatic nitrogens is 3. The van der Waals surface area contributed by atoms with E-state index in [0.717, 1.165) is 64.4 Å². The van der Waals surface area contributed by atoms with Gasteiger partial charge >= 0.3 is 0 Å². The lowest BCUT2D eigenvalue weighted by atomic mass is 10.00. The standard InChI is InChI=1S/C18H23ClFN5O/c19-17-9-16(20)2-1-15(17)10-24-7-8-26-18(12-24)3-4-23(11-18)5-6-25-13-21-22-14-25/h1-2,9,13-14H,3-8,10-12H2. The molecule has 0 aliphatic carbocycles. The van der Waals surface area contributed by atoms with E-state index in [1.165, 1.54) is 12.1 Å². The lowest BCUT2D eigenvalue weighted by molar-refractivity contribution is -0.103. The number of likely N-dealkylation sites (tertiary alicyclic amines) is 1. The van der Waals surface area contributed by atoms with Gasteiger partial charge in [0.25, 0.3) is 0 Å². The highest BCUT2D eigenvalue weighted by Crippen LogP contribution is 2.30. The molecule has 2 aliphatic rings. The summed E-state index contributed by atoms with van der Waals surface area (Å²) in [4.78, 5) is 4.81. The van der Waals surface area contributed by atoms with Gasteiger partial charge in [0, 0.05) is 50.8 Å². The van der Waals surface area contributed by atoms with Crippen LogP contribution in [-0.4, -0.2) is 69.5 Å². The summed E-state index contributed by atoms with van der Waals surface area (Å²) in [7, 11) is 0. The number of benzene rings is 1. The van der Waals surface area contributed by atoms with Crippen LogP contribution in [0.15, 0.2) is 30.9 Å². The van der Waals surface area contributed by atoms with Crippen LogP contribution < -0.4 is 0 Å². The number of hydrogen-bond donors (Lipinski definition) is 0. The van der Waals surface area contributed by atoms with Crippen molar-refractivity contribution >= 4 is 11.6 Å². The van der Waals surface area contributed by atoms with E-state index >= 15 is 0 Å². The normalized spacial score (nSPS) is 24.5. The second kappa shape index (κ2) is 7.60. The van der Waals surface area contributed by atoms with Crippen LogP contribution in [0.5, 0.6) is 0 Å². The van der Waals surface area contributed by atoms with Crippen molar-refractivity contribution in [2.45, 2.75) is 25.1 Å². The molecule has 0 saturated carbocycles. The smallest absolute Gasteiger partial charge is 0.124 e. The summed E-state index contributed by atoms with van der Waals surface area (Å²) in [6, 6.07) is 4.63. The summed E-state index contributed by atoms with van der Waals surface area (Å²) >= 11 is 6.19. The van der Waals surface area contributed by atoms with Gasteiger partial charge in [-0.05, 0) is 24.1 Å². The maximum absolute atomic E-state index is 13.3. The number of nitrogens with zero attached hydrogens (tertiary/aromatic N) is 5. The molecular weight excluding hydrogens is 357 g/mol. The third-order valence-electron chi connectivity index (χ3n) is 5.27. The van der Waals surface area contributed by atoms with Gasteiger partial charge in [0.1, 0.15) is 18.5 Å². The topological polar surface area (TPSA) is 46.4 Å². The van der Waals surface area contributed by atoms with Crippen molar-refractivity contribution in [3.8, 4) is 0 Å². The van der Waals surface area contributed by atoms with Gasteiger partial charge in [-0.1, -0.05) is 17.7 Å². The fourth-order valence-corrected chi connectivity index (χ4v) is 4.14. The first-order valence-electron chi connectivity index (χ1n) is 8.97. The highest BCUT2D eigenvalue weighted by molar-refractivity contribution is 6.31. The van der Waals surface area contributed by atoms with E-state index in [1.807, 2.05) is 4.57 Å². The molecule has 140 valence electrons. The Balaban J connectivity index is 1.34. The summed E-state index contributed by atoms with van der Waals surface area (Å²) in [6.07, 6.45) is 4.52. The van der Waals surface area contributed by atoms with Gasteiger partial charge in [-0.15, -0.1) is 10.2 Å². The van der Waals surface area contributed by atoms with Gasteiger partial charge in [-0.25, -0.2) is 4.39 Å². The van der Waals surface area contributed by atoms with Gasteiger partial charge in [-0.2, -0.15) is 0 Å². The van der Waals surface area contributed by atoms with Crippen molar-refractivity contribution in [2.24, 2.45) is 0 Å². The van der Waals surface area contributed by atoms with Crippen molar-refractivity contribution in [2.75, 3.05) is 39.3 Å². The lowest BCUT2D eigenvalue weighted by Crippen LogP contribution is -2.53. The summed E-state index contributed by atoms with van der Waals surface area (Å²) in [5.41, 5.74) is 0.852. The van der Waals surface area contributed by atoms with Crippen molar-refractivity contribution in [3.63, 3.8) is 0 Å². The van der Waals surface area contributed by atoms with Crippen LogP contribution in [0, 0.1) is 5.82 Å². The van der Waals surface area contributed by atoms with Crippen LogP contribution in [0.2, 0.25) is 5.02 Å². The molecule has 4 rings (SSSR count). The van der Waals surface area contributed by atoms with Crippen molar-refractivity contribution in [1.82, 2.24) is 24.6 Å². The molecule has 1 unspecified atom stereocenters. The Morgan fingerprint density at radius 3 is 2.73 bits per heavy atom. The molecule has 2 aromatic rings. The lowest BCUT2D eigenvalue weighted by Gasteiger charge is -2.40. The number of morpholine rings is 1. The molecule has 2 aliphatic heterocycles. The highest BCUT2D eigenvalue weighted by atomic mass is 35.5. The molecule has 1 aromatic carbocycles. The van der Waals surface area contributed by atoms with Crippen molar-refractivity contribution in [3.05, 3.63) is 47.3 Å². The highest BCUT2D eigenvalue weighted by Gasteiger charge is 2.42. The van der Waals surface area contributed by atoms with E-state index in [1.54, 1.807) is 18.7 Å². The van der Waals surface area contributed by atoms with Crippen LogP contribution in [0.4, 0.5) is 4.39 Å². The molecule has 0 bridgehead atoms. The van der Waals surface area contributed by atoms with E-state index in [2.05, 4.69) is 20.0 Å². The number of halogens is 2. The minimum Gasteiger partial charge on any atom is -0.371 e. The quantitative estimate of drug-likeness (QED) is 0.795. The zero-order chi connectivity index (χ0) is 18.0. The number of rotatable bonds is 5. The van der Waals surface area contributed by atoms with Crippen LogP contribution in [0.3, 0.4) is 0 Å². The molecule has 0 radical (unpaired) electrons. The largest absolute Gasteiger partial charge is 0.371 e. The SMILES string of the molecule is Fc1ccc(CN2CCOC3(CCN(CCn4cnnc4)C3)C2)c(Cl)c1. The van der Waals surface area contributed by atoms with Crippen LogP contribution in [0.1, 0.15) is 12.0 Å². The summed E-state index contributed by atoms with van der Waals surface area (Å²) in [5.74, 6) is -0.295. The third-order valence-corrected chi connectivity index (χ3v) is 5.62. The molecule has 3 heterocycles. The Morgan fingerprint density at radius 2 is 1.92 bits per heavy atom. The molecule has 2 fully saturated rings. The Hall–Kier alpha value is -1.54. The minimum absolute atomic E-state index is 0.113. The first-order valence-corrected chi connectivity index (χ1v) is 9.35. The van der Waals surface area contributed by atoms with E-state index in [9.17, 15) is 4.39 Å². The van der Waals surface area contributed by atoms with Gasteiger partial charge in [0.15, 0.2) is 0 Å². The van der Waals surface area contributed by atoms with Gasteiger partial charge in [0.2, 0.25) is 0 Å². The molecule has 0 amide bonds. The Bertz CT molecular complexity index is 743. The van der Waals surface area contributed by atoms with Gasteiger partial charge in [0.05, 0.1) is 12.2 Å². The summed E-state index contributed by atoms with van der Waals surface area (Å²) in [6.45, 7) is 7.02. The first-order chi connectivity index (χ1) is 12.6. The maximum Gasteiger partial charge on any atom is 0.124 e. The monoisotopic (exact) mass is 379 g/mol. The average molecular weight is 380 g/mol. The zero-order valence-corrected chi connectivity index (χ0v) is 15.4. The Labute approximate surface area is 157 Å². The zero-order valence-electron chi connectivity index (χ0n) is 14.7. The van der Waals surface area contributed by atoms with Crippen LogP contribution in [-0.2, 0) is 17.8 Å². The molecule has 1 spiro atoms. The average Bonchev–Trinajstić information content (AvgIpc) is 3.26. The second-order valence-electron chi connectivity index (χ2n) is 7.20. The Morgan fingerprint density at radius 1 is 1.12 bits per heavy atom. The summed E-state index contributed by atoms with van der Waals surface area (Å²) < 4.78 is 21.4. The van der Waals surface area contributed by atoms with E-state index in [0.29, 0.717) is 5.02 Å². The molecule has 26 heavy (non-hydrogen) atoms. The maximum atomic E-state index is 13.3.